The summed E-state index contributed by atoms with van der Waals surface area (Å²) < 4.78 is 16.0. The van der Waals surface area contributed by atoms with Crippen LogP contribution in [0, 0.1) is 0 Å². The van der Waals surface area contributed by atoms with E-state index in [1.165, 1.54) is 4.90 Å². The minimum absolute atomic E-state index is 0.124. The van der Waals surface area contributed by atoms with Crippen molar-refractivity contribution in [1.82, 2.24) is 10.2 Å². The zero-order valence-electron chi connectivity index (χ0n) is 18.8. The molecule has 9 heteroatoms. The molecule has 2 aromatic rings. The molecule has 33 heavy (non-hydrogen) atoms. The Bertz CT molecular complexity index is 1160. The number of carbonyl (C=O) groups excluding carboxylic acids is 3. The quantitative estimate of drug-likeness (QED) is 0.673. The molecule has 2 aromatic carbocycles. The number of amides is 3. The molecular formula is C24H25N3O6. The first-order chi connectivity index (χ1) is 15.7. The zero-order chi connectivity index (χ0) is 23.7. The van der Waals surface area contributed by atoms with Crippen molar-refractivity contribution in [2.75, 3.05) is 19.2 Å². The van der Waals surface area contributed by atoms with Crippen LogP contribution >= 0.6 is 0 Å². The highest BCUT2D eigenvalue weighted by Crippen LogP contribution is 2.34. The van der Waals surface area contributed by atoms with E-state index >= 15 is 0 Å². The molecule has 0 radical (unpaired) electrons. The lowest BCUT2D eigenvalue weighted by molar-refractivity contribution is -0.143. The van der Waals surface area contributed by atoms with Gasteiger partial charge in [0.05, 0.1) is 17.7 Å². The summed E-state index contributed by atoms with van der Waals surface area (Å²) in [6.07, 6.45) is -0.311. The Morgan fingerprint density at radius 2 is 1.91 bits per heavy atom. The van der Waals surface area contributed by atoms with Crippen LogP contribution in [0.15, 0.2) is 53.7 Å². The monoisotopic (exact) mass is 451 g/mol. The molecule has 0 bridgehead atoms. The number of rotatable bonds is 5. The van der Waals surface area contributed by atoms with Gasteiger partial charge in [-0.2, -0.15) is 0 Å². The lowest BCUT2D eigenvalue weighted by atomic mass is 9.94. The Kier molecular flexibility index (Phi) is 5.95. The van der Waals surface area contributed by atoms with Crippen molar-refractivity contribution in [2.24, 2.45) is 0 Å². The summed E-state index contributed by atoms with van der Waals surface area (Å²) in [5.74, 6) is 0.270. The van der Waals surface area contributed by atoms with E-state index in [9.17, 15) is 14.4 Å². The Morgan fingerprint density at radius 1 is 1.15 bits per heavy atom. The van der Waals surface area contributed by atoms with Crippen LogP contribution in [-0.4, -0.2) is 42.8 Å². The van der Waals surface area contributed by atoms with Gasteiger partial charge in [0, 0.05) is 24.0 Å². The van der Waals surface area contributed by atoms with Gasteiger partial charge in [0.2, 0.25) is 6.79 Å². The van der Waals surface area contributed by atoms with E-state index in [1.807, 2.05) is 0 Å². The van der Waals surface area contributed by atoms with Crippen LogP contribution in [0.25, 0.3) is 0 Å². The molecule has 2 heterocycles. The fourth-order valence-electron chi connectivity index (χ4n) is 3.66. The van der Waals surface area contributed by atoms with Crippen molar-refractivity contribution in [1.29, 1.82) is 0 Å². The third-order valence-corrected chi connectivity index (χ3v) is 5.43. The van der Waals surface area contributed by atoms with Gasteiger partial charge in [-0.25, -0.2) is 9.59 Å². The van der Waals surface area contributed by atoms with Crippen LogP contribution in [0.1, 0.15) is 42.7 Å². The van der Waals surface area contributed by atoms with Crippen molar-refractivity contribution in [3.05, 3.63) is 64.9 Å². The molecule has 0 spiro atoms. The van der Waals surface area contributed by atoms with Gasteiger partial charge in [0.1, 0.15) is 0 Å². The summed E-state index contributed by atoms with van der Waals surface area (Å²) in [5.41, 5.74) is 2.40. The fourth-order valence-corrected chi connectivity index (χ4v) is 3.66. The van der Waals surface area contributed by atoms with E-state index in [0.29, 0.717) is 39.6 Å². The minimum Gasteiger partial charge on any atom is -0.459 e. The molecule has 172 valence electrons. The lowest BCUT2D eigenvalue weighted by Crippen LogP contribution is -2.46. The van der Waals surface area contributed by atoms with E-state index in [-0.39, 0.29) is 24.8 Å². The van der Waals surface area contributed by atoms with Crippen LogP contribution < -0.4 is 20.1 Å². The first-order valence-electron chi connectivity index (χ1n) is 10.5. The average molecular weight is 451 g/mol. The smallest absolute Gasteiger partial charge is 0.338 e. The SMILES string of the molecule is CC1=C(C(=O)OC(C)C)[C@@H](c2cccc(NC(=O)c3ccc4c(c3)OCO4)c2)NC(=O)N1C. The minimum atomic E-state index is -0.720. The molecule has 4 rings (SSSR count). The van der Waals surface area contributed by atoms with Crippen molar-refractivity contribution in [2.45, 2.75) is 32.9 Å². The molecule has 0 unspecified atom stereocenters. The van der Waals surface area contributed by atoms with Crippen LogP contribution in [-0.2, 0) is 9.53 Å². The van der Waals surface area contributed by atoms with Crippen LogP contribution in [0.3, 0.4) is 0 Å². The Labute approximate surface area is 191 Å². The number of hydrogen-bond acceptors (Lipinski definition) is 6. The summed E-state index contributed by atoms with van der Waals surface area (Å²) in [7, 11) is 1.59. The van der Waals surface area contributed by atoms with E-state index in [4.69, 9.17) is 14.2 Å². The molecule has 9 nitrogen and oxygen atoms in total. The number of esters is 1. The van der Waals surface area contributed by atoms with Crippen molar-refractivity contribution in [3.63, 3.8) is 0 Å². The third kappa shape index (κ3) is 4.48. The zero-order valence-corrected chi connectivity index (χ0v) is 18.8. The molecule has 1 atom stereocenters. The maximum absolute atomic E-state index is 12.8. The van der Waals surface area contributed by atoms with Crippen molar-refractivity contribution in [3.8, 4) is 11.5 Å². The van der Waals surface area contributed by atoms with E-state index in [0.717, 1.165) is 0 Å². The van der Waals surface area contributed by atoms with E-state index < -0.39 is 12.0 Å². The second kappa shape index (κ2) is 8.85. The molecule has 2 aliphatic heterocycles. The highest BCUT2D eigenvalue weighted by molar-refractivity contribution is 6.04. The standard InChI is InChI=1S/C24H25N3O6/c1-13(2)33-23(29)20-14(3)27(4)24(30)26-21(20)15-6-5-7-17(10-15)25-22(28)16-8-9-18-19(11-16)32-12-31-18/h5-11,13,21H,12H2,1-4H3,(H,25,28)(H,26,30)/t21-/m1/s1. The number of benzene rings is 2. The largest absolute Gasteiger partial charge is 0.459 e. The van der Waals surface area contributed by atoms with Crippen LogP contribution in [0.5, 0.6) is 11.5 Å². The molecule has 0 saturated carbocycles. The number of nitrogens with one attached hydrogen (secondary N) is 2. The van der Waals surface area contributed by atoms with Gasteiger partial charge in [0.25, 0.3) is 5.91 Å². The van der Waals surface area contributed by atoms with Crippen molar-refractivity contribution < 1.29 is 28.6 Å². The molecular weight excluding hydrogens is 426 g/mol. The topological polar surface area (TPSA) is 106 Å². The maximum Gasteiger partial charge on any atom is 0.338 e. The summed E-state index contributed by atoms with van der Waals surface area (Å²) in [4.78, 5) is 39.5. The van der Waals surface area contributed by atoms with Gasteiger partial charge in [-0.1, -0.05) is 12.1 Å². The first-order valence-corrected chi connectivity index (χ1v) is 10.5. The first kappa shape index (κ1) is 22.2. The van der Waals surface area contributed by atoms with Crippen molar-refractivity contribution >= 4 is 23.6 Å². The van der Waals surface area contributed by atoms with E-state index in [2.05, 4.69) is 10.6 Å². The average Bonchev–Trinajstić information content (AvgIpc) is 3.24. The number of anilines is 1. The third-order valence-electron chi connectivity index (χ3n) is 5.43. The Hall–Kier alpha value is -4.01. The highest BCUT2D eigenvalue weighted by Gasteiger charge is 2.35. The number of ether oxygens (including phenoxy) is 3. The number of urea groups is 1. The molecule has 3 amide bonds. The summed E-state index contributed by atoms with van der Waals surface area (Å²) in [5, 5.41) is 5.69. The Balaban J connectivity index is 1.61. The summed E-state index contributed by atoms with van der Waals surface area (Å²) in [6.45, 7) is 5.35. The van der Waals surface area contributed by atoms with Crippen LogP contribution in [0.2, 0.25) is 0 Å². The van der Waals surface area contributed by atoms with Gasteiger partial charge in [-0.3, -0.25) is 4.79 Å². The van der Waals surface area contributed by atoms with Crippen LogP contribution in [0.4, 0.5) is 10.5 Å². The molecule has 2 aliphatic rings. The lowest BCUT2D eigenvalue weighted by Gasteiger charge is -2.33. The van der Waals surface area contributed by atoms with Gasteiger partial charge in [-0.15, -0.1) is 0 Å². The fraction of sp³-hybridized carbons (Fsp3) is 0.292. The predicted molar refractivity (Wildman–Crippen MR) is 120 cm³/mol. The van der Waals surface area contributed by atoms with Gasteiger partial charge >= 0.3 is 12.0 Å². The van der Waals surface area contributed by atoms with Gasteiger partial charge in [-0.05, 0) is 56.7 Å². The Morgan fingerprint density at radius 3 is 2.67 bits per heavy atom. The van der Waals surface area contributed by atoms with E-state index in [1.54, 1.807) is 70.3 Å². The van der Waals surface area contributed by atoms with Gasteiger partial charge < -0.3 is 29.7 Å². The van der Waals surface area contributed by atoms with Gasteiger partial charge in [0.15, 0.2) is 11.5 Å². The maximum atomic E-state index is 12.8. The normalized spacial score (nSPS) is 17.2. The predicted octanol–water partition coefficient (Wildman–Crippen LogP) is 3.59. The number of hydrogen-bond donors (Lipinski definition) is 2. The molecule has 0 aromatic heterocycles. The number of fused-ring (bicyclic) bond motifs is 1. The summed E-state index contributed by atoms with van der Waals surface area (Å²) >= 11 is 0. The number of nitrogens with zero attached hydrogens (tertiary/aromatic N) is 1. The second-order valence-corrected chi connectivity index (χ2v) is 8.04. The molecule has 2 N–H and O–H groups in total. The molecule has 0 saturated heterocycles. The highest BCUT2D eigenvalue weighted by atomic mass is 16.7. The number of allylic oxidation sites excluding steroid dienone is 1. The molecule has 0 aliphatic carbocycles. The second-order valence-electron chi connectivity index (χ2n) is 8.04. The molecule has 0 fully saturated rings. The summed E-state index contributed by atoms with van der Waals surface area (Å²) in [6, 6.07) is 10.9. The number of carbonyl (C=O) groups is 3.